The lowest BCUT2D eigenvalue weighted by Gasteiger charge is -2.26. The Kier molecular flexibility index (Phi) is 9.13. The fourth-order valence-corrected chi connectivity index (χ4v) is 5.77. The zero-order valence-electron chi connectivity index (χ0n) is 21.8. The molecule has 1 aliphatic heterocycles. The number of nitrogens with one attached hydrogen (secondary N) is 1. The summed E-state index contributed by atoms with van der Waals surface area (Å²) >= 11 is 0. The van der Waals surface area contributed by atoms with Gasteiger partial charge in [0, 0.05) is 24.3 Å². The number of amides is 1. The van der Waals surface area contributed by atoms with Crippen LogP contribution >= 0.6 is 0 Å². The van der Waals surface area contributed by atoms with Crippen LogP contribution in [0.25, 0.3) is 11.6 Å². The fourth-order valence-electron chi connectivity index (χ4n) is 4.11. The minimum absolute atomic E-state index is 0.102. The third-order valence-corrected chi connectivity index (χ3v) is 8.18. The van der Waals surface area contributed by atoms with E-state index >= 15 is 0 Å². The first kappa shape index (κ1) is 28.0. The van der Waals surface area contributed by atoms with Crippen LogP contribution in [0, 0.1) is 6.92 Å². The third-order valence-electron chi connectivity index (χ3n) is 6.14. The van der Waals surface area contributed by atoms with Crippen LogP contribution in [0.1, 0.15) is 16.7 Å². The average molecular weight is 551 g/mol. The Morgan fingerprint density at radius 2 is 1.69 bits per heavy atom. The van der Waals surface area contributed by atoms with Crippen LogP contribution < -0.4 is 10.1 Å². The first-order valence-electron chi connectivity index (χ1n) is 12.4. The lowest BCUT2D eigenvalue weighted by Crippen LogP contribution is -2.40. The molecule has 204 valence electrons. The highest BCUT2D eigenvalue weighted by atomic mass is 32.2. The molecule has 1 saturated heterocycles. The molecule has 3 aromatic carbocycles. The van der Waals surface area contributed by atoms with Gasteiger partial charge in [-0.25, -0.2) is 13.2 Å². The van der Waals surface area contributed by atoms with Gasteiger partial charge in [0.05, 0.1) is 30.8 Å². The van der Waals surface area contributed by atoms with Crippen molar-refractivity contribution >= 4 is 39.2 Å². The van der Waals surface area contributed by atoms with Crippen molar-refractivity contribution in [1.82, 2.24) is 4.31 Å². The van der Waals surface area contributed by atoms with Crippen molar-refractivity contribution in [2.75, 3.05) is 45.3 Å². The number of carbonyl (C=O) groups is 2. The Labute approximate surface area is 228 Å². The molecule has 3 aromatic rings. The first-order valence-corrected chi connectivity index (χ1v) is 13.8. The number of nitrogens with zero attached hydrogens (tertiary/aromatic N) is 1. The Morgan fingerprint density at radius 1 is 1.00 bits per heavy atom. The maximum absolute atomic E-state index is 13.1. The lowest BCUT2D eigenvalue weighted by atomic mass is 10.0. The summed E-state index contributed by atoms with van der Waals surface area (Å²) in [5, 5.41) is 2.62. The van der Waals surface area contributed by atoms with Crippen LogP contribution in [0.4, 0.5) is 5.69 Å². The number of sulfonamides is 1. The molecule has 0 atom stereocenters. The van der Waals surface area contributed by atoms with Gasteiger partial charge >= 0.3 is 5.97 Å². The Balaban J connectivity index is 1.48. The monoisotopic (exact) mass is 550 g/mol. The van der Waals surface area contributed by atoms with Crippen LogP contribution in [0.2, 0.25) is 0 Å². The SMILES string of the molecule is COc1ccccc1C=C(C(=O)OCC(=O)Nc1ccc(C)c(S(=O)(=O)N2CCOCC2)c1)c1ccccc1. The molecular weight excluding hydrogens is 520 g/mol. The van der Waals surface area contributed by atoms with E-state index in [0.717, 1.165) is 0 Å². The number of carbonyl (C=O) groups excluding carboxylic acids is 2. The molecule has 4 rings (SSSR count). The van der Waals surface area contributed by atoms with Crippen LogP contribution in [0.5, 0.6) is 5.75 Å². The molecule has 1 amide bonds. The zero-order chi connectivity index (χ0) is 27.8. The number of benzene rings is 3. The van der Waals surface area contributed by atoms with Gasteiger partial charge in [-0.15, -0.1) is 0 Å². The molecule has 39 heavy (non-hydrogen) atoms. The molecule has 9 nitrogen and oxygen atoms in total. The largest absolute Gasteiger partial charge is 0.496 e. The van der Waals surface area contributed by atoms with Gasteiger partial charge in [0.1, 0.15) is 5.75 Å². The standard InChI is InChI=1S/C29H30N2O7S/c1-21-12-13-24(19-27(21)39(34,35)31-14-16-37-17-15-31)30-28(32)20-38-29(33)25(22-8-4-3-5-9-22)18-23-10-6-7-11-26(23)36-2/h3-13,18-19H,14-17,20H2,1-2H3,(H,30,32). The highest BCUT2D eigenvalue weighted by molar-refractivity contribution is 7.89. The van der Waals surface area contributed by atoms with Crippen molar-refractivity contribution in [2.24, 2.45) is 0 Å². The molecule has 0 radical (unpaired) electrons. The summed E-state index contributed by atoms with van der Waals surface area (Å²) in [7, 11) is -2.21. The van der Waals surface area contributed by atoms with E-state index in [9.17, 15) is 18.0 Å². The van der Waals surface area contributed by atoms with Gasteiger partial charge < -0.3 is 19.5 Å². The number of anilines is 1. The second-order valence-corrected chi connectivity index (χ2v) is 10.7. The number of esters is 1. The molecule has 0 aromatic heterocycles. The minimum atomic E-state index is -3.76. The molecule has 0 bridgehead atoms. The number of morpholine rings is 1. The Morgan fingerprint density at radius 3 is 2.41 bits per heavy atom. The number of methoxy groups -OCH3 is 1. The van der Waals surface area contributed by atoms with Gasteiger partial charge in [0.15, 0.2) is 6.61 Å². The van der Waals surface area contributed by atoms with Crippen molar-refractivity contribution in [2.45, 2.75) is 11.8 Å². The van der Waals surface area contributed by atoms with Gasteiger partial charge in [-0.05, 0) is 42.3 Å². The summed E-state index contributed by atoms with van der Waals surface area (Å²) < 4.78 is 43.7. The molecule has 10 heteroatoms. The normalized spacial score (nSPS) is 14.5. The highest BCUT2D eigenvalue weighted by Gasteiger charge is 2.28. The van der Waals surface area contributed by atoms with Crippen molar-refractivity contribution in [1.29, 1.82) is 0 Å². The molecule has 1 aliphatic rings. The smallest absolute Gasteiger partial charge is 0.339 e. The molecule has 0 spiro atoms. The predicted molar refractivity (Wildman–Crippen MR) is 148 cm³/mol. The van der Waals surface area contributed by atoms with Crippen LogP contribution in [0.15, 0.2) is 77.7 Å². The average Bonchev–Trinajstić information content (AvgIpc) is 2.96. The summed E-state index contributed by atoms with van der Waals surface area (Å²) in [4.78, 5) is 25.9. The summed E-state index contributed by atoms with van der Waals surface area (Å²) in [6.45, 7) is 2.32. The quantitative estimate of drug-likeness (QED) is 0.245. The summed E-state index contributed by atoms with van der Waals surface area (Å²) in [6.07, 6.45) is 1.65. The first-order chi connectivity index (χ1) is 18.8. The van der Waals surface area contributed by atoms with E-state index in [0.29, 0.717) is 35.7 Å². The number of hydrogen-bond acceptors (Lipinski definition) is 7. The zero-order valence-corrected chi connectivity index (χ0v) is 22.6. The van der Waals surface area contributed by atoms with E-state index < -0.39 is 28.5 Å². The number of aryl methyl sites for hydroxylation is 1. The van der Waals surface area contributed by atoms with E-state index in [-0.39, 0.29) is 29.2 Å². The van der Waals surface area contributed by atoms with Gasteiger partial charge in [-0.2, -0.15) is 4.31 Å². The van der Waals surface area contributed by atoms with Crippen molar-refractivity contribution in [3.63, 3.8) is 0 Å². The molecule has 1 N–H and O–H groups in total. The van der Waals surface area contributed by atoms with E-state index in [4.69, 9.17) is 14.2 Å². The molecule has 0 aliphatic carbocycles. The molecule has 0 unspecified atom stereocenters. The van der Waals surface area contributed by atoms with Crippen molar-refractivity contribution < 1.29 is 32.2 Å². The number of ether oxygens (including phenoxy) is 3. The maximum Gasteiger partial charge on any atom is 0.339 e. The summed E-state index contributed by atoms with van der Waals surface area (Å²) in [5.41, 5.74) is 2.38. The third kappa shape index (κ3) is 6.91. The summed E-state index contributed by atoms with van der Waals surface area (Å²) in [6, 6.07) is 20.8. The predicted octanol–water partition coefficient (Wildman–Crippen LogP) is 3.75. The second-order valence-electron chi connectivity index (χ2n) is 8.79. The van der Waals surface area contributed by atoms with E-state index in [1.165, 1.54) is 10.4 Å². The Bertz CT molecular complexity index is 1460. The molecular formula is C29H30N2O7S. The number of rotatable bonds is 9. The van der Waals surface area contributed by atoms with Gasteiger partial charge in [-0.3, -0.25) is 4.79 Å². The molecule has 1 heterocycles. The number of hydrogen-bond donors (Lipinski definition) is 1. The van der Waals surface area contributed by atoms with Crippen molar-refractivity contribution in [3.05, 3.63) is 89.5 Å². The van der Waals surface area contributed by atoms with E-state index in [1.54, 1.807) is 62.6 Å². The van der Waals surface area contributed by atoms with E-state index in [1.807, 2.05) is 24.3 Å². The lowest BCUT2D eigenvalue weighted by molar-refractivity contribution is -0.141. The van der Waals surface area contributed by atoms with Crippen molar-refractivity contribution in [3.8, 4) is 5.75 Å². The topological polar surface area (TPSA) is 111 Å². The van der Waals surface area contributed by atoms with Gasteiger partial charge in [0.2, 0.25) is 10.0 Å². The van der Waals surface area contributed by atoms with Crippen LogP contribution in [0.3, 0.4) is 0 Å². The summed E-state index contributed by atoms with van der Waals surface area (Å²) in [5.74, 6) is -0.716. The van der Waals surface area contributed by atoms with Gasteiger partial charge in [-0.1, -0.05) is 54.6 Å². The van der Waals surface area contributed by atoms with E-state index in [2.05, 4.69) is 5.32 Å². The van der Waals surface area contributed by atoms with Crippen LogP contribution in [-0.2, 0) is 29.1 Å². The number of para-hydroxylation sites is 1. The maximum atomic E-state index is 13.1. The second kappa shape index (κ2) is 12.7. The van der Waals surface area contributed by atoms with Crippen LogP contribution in [-0.4, -0.2) is 64.6 Å². The highest BCUT2D eigenvalue weighted by Crippen LogP contribution is 2.26. The Hall–Kier alpha value is -3.99. The molecule has 1 fully saturated rings. The fraction of sp³-hybridized carbons (Fsp3) is 0.241. The minimum Gasteiger partial charge on any atom is -0.496 e. The van der Waals surface area contributed by atoms with Gasteiger partial charge in [0.25, 0.3) is 5.91 Å². The molecule has 0 saturated carbocycles.